The number of alkyl halides is 1. The van der Waals surface area contributed by atoms with Crippen molar-refractivity contribution >= 4 is 23.4 Å². The first-order valence-electron chi connectivity index (χ1n) is 9.85. The average Bonchev–Trinajstić information content (AvgIpc) is 2.71. The molecule has 0 spiro atoms. The lowest BCUT2D eigenvalue weighted by Gasteiger charge is -2.13. The molecule has 0 amide bonds. The van der Waals surface area contributed by atoms with Gasteiger partial charge in [0.15, 0.2) is 0 Å². The number of aliphatic hydroxyl groups is 2. The van der Waals surface area contributed by atoms with Crippen LogP contribution in [0.4, 0.5) is 0 Å². The number of hydrogen-bond donors (Lipinski definition) is 2. The molecule has 0 aliphatic rings. The number of aliphatic hydroxyl groups excluding tert-OH is 2. The predicted octanol–water partition coefficient (Wildman–Crippen LogP) is 5.09. The molecule has 2 rings (SSSR count). The van der Waals surface area contributed by atoms with Crippen molar-refractivity contribution in [2.75, 3.05) is 12.5 Å². The molecule has 0 aliphatic heterocycles. The second-order valence-corrected chi connectivity index (χ2v) is 8.77. The van der Waals surface area contributed by atoms with Gasteiger partial charge in [0, 0.05) is 15.7 Å². The van der Waals surface area contributed by atoms with Gasteiger partial charge in [0.1, 0.15) is 0 Å². The van der Waals surface area contributed by atoms with Crippen LogP contribution in [0, 0.1) is 0 Å². The zero-order valence-electron chi connectivity index (χ0n) is 16.7. The third-order valence-corrected chi connectivity index (χ3v) is 5.79. The Bertz CT molecular complexity index is 673. The second-order valence-electron chi connectivity index (χ2n) is 7.31. The lowest BCUT2D eigenvalue weighted by molar-refractivity contribution is 0.00287. The van der Waals surface area contributed by atoms with Gasteiger partial charge in [-0.2, -0.15) is 0 Å². The Morgan fingerprint density at radius 2 is 1.29 bits per heavy atom. The van der Waals surface area contributed by atoms with Gasteiger partial charge in [-0.25, -0.2) is 0 Å². The summed E-state index contributed by atoms with van der Waals surface area (Å²) in [5.41, 5.74) is 2.44. The van der Waals surface area contributed by atoms with Crippen LogP contribution in [0.5, 0.6) is 0 Å². The number of rotatable bonds is 12. The average molecular weight is 423 g/mol. The Kier molecular flexibility index (Phi) is 10.4. The number of benzene rings is 2. The molecule has 3 nitrogen and oxygen atoms in total. The third-order valence-electron chi connectivity index (χ3n) is 4.41. The smallest absolute Gasteiger partial charge is 0.0777 e. The minimum atomic E-state index is -0.432. The number of hydrogen-bond acceptors (Lipinski definition) is 4. The van der Waals surface area contributed by atoms with Crippen LogP contribution in [0.3, 0.4) is 0 Å². The highest BCUT2D eigenvalue weighted by molar-refractivity contribution is 7.99. The topological polar surface area (TPSA) is 49.7 Å². The van der Waals surface area contributed by atoms with E-state index < -0.39 is 12.2 Å². The number of ether oxygens (including phenoxy) is 1. The van der Waals surface area contributed by atoms with Gasteiger partial charge < -0.3 is 14.9 Å². The van der Waals surface area contributed by atoms with Crippen molar-refractivity contribution in [2.24, 2.45) is 0 Å². The van der Waals surface area contributed by atoms with E-state index in [0.717, 1.165) is 12.8 Å². The molecular formula is C23H31ClO3S. The Hall–Kier alpha value is -1.04. The Morgan fingerprint density at radius 1 is 0.821 bits per heavy atom. The highest BCUT2D eigenvalue weighted by atomic mass is 35.5. The standard InChI is InChI=1S/C23H31ClO3S/c1-17(2)27-16-21(26)10-4-19-7-13-23(14-8-19)28-22-11-5-18(6-12-22)3-9-20(25)15-24/h5-8,11-14,17,20-21,25-26H,3-4,9-10,15-16H2,1-2H3. The molecular weight excluding hydrogens is 392 g/mol. The summed E-state index contributed by atoms with van der Waals surface area (Å²) in [6.45, 7) is 4.35. The summed E-state index contributed by atoms with van der Waals surface area (Å²) in [6.07, 6.45) is 2.38. The van der Waals surface area contributed by atoms with Crippen molar-refractivity contribution in [1.82, 2.24) is 0 Å². The van der Waals surface area contributed by atoms with Crippen molar-refractivity contribution in [3.8, 4) is 0 Å². The molecule has 2 atom stereocenters. The summed E-state index contributed by atoms with van der Waals surface area (Å²) in [5, 5.41) is 19.5. The van der Waals surface area contributed by atoms with Crippen molar-refractivity contribution in [2.45, 2.75) is 67.6 Å². The Morgan fingerprint density at radius 3 is 1.71 bits per heavy atom. The molecule has 0 heterocycles. The molecule has 0 saturated carbocycles. The fraction of sp³-hybridized carbons (Fsp3) is 0.478. The molecule has 0 radical (unpaired) electrons. The van der Waals surface area contributed by atoms with E-state index in [1.54, 1.807) is 11.8 Å². The molecule has 5 heteroatoms. The van der Waals surface area contributed by atoms with E-state index in [2.05, 4.69) is 48.5 Å². The van der Waals surface area contributed by atoms with Crippen LogP contribution in [0.1, 0.15) is 37.8 Å². The molecule has 2 unspecified atom stereocenters. The van der Waals surface area contributed by atoms with Gasteiger partial charge >= 0.3 is 0 Å². The van der Waals surface area contributed by atoms with Crippen LogP contribution in [-0.2, 0) is 17.6 Å². The lowest BCUT2D eigenvalue weighted by Crippen LogP contribution is -2.19. The third kappa shape index (κ3) is 8.97. The van der Waals surface area contributed by atoms with Crippen molar-refractivity contribution in [3.05, 3.63) is 59.7 Å². The molecule has 28 heavy (non-hydrogen) atoms. The van der Waals surface area contributed by atoms with E-state index in [-0.39, 0.29) is 12.0 Å². The van der Waals surface area contributed by atoms with Crippen molar-refractivity contribution in [1.29, 1.82) is 0 Å². The van der Waals surface area contributed by atoms with Crippen LogP contribution < -0.4 is 0 Å². The Balaban J connectivity index is 1.78. The van der Waals surface area contributed by atoms with Gasteiger partial charge in [-0.1, -0.05) is 36.0 Å². The molecule has 0 aromatic heterocycles. The number of halogens is 1. The van der Waals surface area contributed by atoms with E-state index in [1.165, 1.54) is 20.9 Å². The predicted molar refractivity (Wildman–Crippen MR) is 117 cm³/mol. The van der Waals surface area contributed by atoms with Crippen molar-refractivity contribution < 1.29 is 14.9 Å². The molecule has 154 valence electrons. The van der Waals surface area contributed by atoms with Crippen LogP contribution in [0.15, 0.2) is 58.3 Å². The van der Waals surface area contributed by atoms with Gasteiger partial charge in [0.2, 0.25) is 0 Å². The summed E-state index contributed by atoms with van der Waals surface area (Å²) in [7, 11) is 0. The maximum atomic E-state index is 9.96. The monoisotopic (exact) mass is 422 g/mol. The minimum Gasteiger partial charge on any atom is -0.392 e. The first-order chi connectivity index (χ1) is 13.5. The zero-order chi connectivity index (χ0) is 20.4. The number of aryl methyl sites for hydroxylation is 2. The Labute approximate surface area is 178 Å². The van der Waals surface area contributed by atoms with Crippen LogP contribution >= 0.6 is 23.4 Å². The van der Waals surface area contributed by atoms with Crippen LogP contribution in [0.25, 0.3) is 0 Å². The summed E-state index contributed by atoms with van der Waals surface area (Å²) in [4.78, 5) is 2.38. The van der Waals surface area contributed by atoms with Crippen LogP contribution in [-0.4, -0.2) is 41.0 Å². The highest BCUT2D eigenvalue weighted by Gasteiger charge is 2.07. The summed E-state index contributed by atoms with van der Waals surface area (Å²) >= 11 is 7.36. The molecule has 0 aliphatic carbocycles. The second kappa shape index (κ2) is 12.5. The van der Waals surface area contributed by atoms with Crippen LogP contribution in [0.2, 0.25) is 0 Å². The summed E-state index contributed by atoms with van der Waals surface area (Å²) in [5.74, 6) is 0.286. The van der Waals surface area contributed by atoms with Gasteiger partial charge in [-0.15, -0.1) is 11.6 Å². The summed E-state index contributed by atoms with van der Waals surface area (Å²) in [6, 6.07) is 17.0. The van der Waals surface area contributed by atoms with E-state index in [9.17, 15) is 10.2 Å². The lowest BCUT2D eigenvalue weighted by atomic mass is 10.1. The van der Waals surface area contributed by atoms with Gasteiger partial charge in [0.25, 0.3) is 0 Å². The zero-order valence-corrected chi connectivity index (χ0v) is 18.3. The van der Waals surface area contributed by atoms with Gasteiger partial charge in [0.05, 0.1) is 24.9 Å². The minimum absolute atomic E-state index is 0.150. The first kappa shape index (κ1) is 23.2. The molecule has 2 N–H and O–H groups in total. The van der Waals surface area contributed by atoms with E-state index >= 15 is 0 Å². The highest BCUT2D eigenvalue weighted by Crippen LogP contribution is 2.28. The first-order valence-corrected chi connectivity index (χ1v) is 11.2. The van der Waals surface area contributed by atoms with Gasteiger partial charge in [-0.05, 0) is 74.9 Å². The van der Waals surface area contributed by atoms with E-state index in [4.69, 9.17) is 16.3 Å². The molecule has 2 aromatic carbocycles. The molecule has 0 fully saturated rings. The quantitative estimate of drug-likeness (QED) is 0.468. The van der Waals surface area contributed by atoms with E-state index in [1.807, 2.05) is 13.8 Å². The fourth-order valence-corrected chi connectivity index (χ4v) is 3.69. The van der Waals surface area contributed by atoms with Crippen molar-refractivity contribution in [3.63, 3.8) is 0 Å². The maximum Gasteiger partial charge on any atom is 0.0777 e. The largest absolute Gasteiger partial charge is 0.392 e. The van der Waals surface area contributed by atoms with E-state index in [0.29, 0.717) is 19.4 Å². The molecule has 0 bridgehead atoms. The summed E-state index contributed by atoms with van der Waals surface area (Å²) < 4.78 is 5.45. The normalized spacial score (nSPS) is 13.6. The fourth-order valence-electron chi connectivity index (χ4n) is 2.71. The SMILES string of the molecule is CC(C)OCC(O)CCc1ccc(Sc2ccc(CCC(O)CCl)cc2)cc1. The maximum absolute atomic E-state index is 9.96. The molecule has 0 saturated heterocycles. The molecule has 2 aromatic rings. The van der Waals surface area contributed by atoms with Gasteiger partial charge in [-0.3, -0.25) is 0 Å².